The third kappa shape index (κ3) is 4.49. The lowest BCUT2D eigenvalue weighted by Crippen LogP contribution is -2.19. The predicted molar refractivity (Wildman–Crippen MR) is 115 cm³/mol. The van der Waals surface area contributed by atoms with Crippen LogP contribution in [0.3, 0.4) is 0 Å². The smallest absolute Gasteiger partial charge is 0.417 e. The molecular formula is C23H20F3NO3S. The Balaban J connectivity index is 2.10. The Morgan fingerprint density at radius 1 is 1.00 bits per heavy atom. The highest BCUT2D eigenvalue weighted by atomic mass is 32.1. The quantitative estimate of drug-likeness (QED) is 0.471. The fourth-order valence-electron chi connectivity index (χ4n) is 3.27. The van der Waals surface area contributed by atoms with Crippen LogP contribution in [0.15, 0.2) is 42.5 Å². The summed E-state index contributed by atoms with van der Waals surface area (Å²) in [5.74, 6) is -1.64. The SMILES string of the molecule is COC(=O)c1c(NC(=O)c2ccccc2C(F)(F)F)sc(C)c1-c1ccc(C)c(C)c1. The van der Waals surface area contributed by atoms with Crippen molar-refractivity contribution in [3.8, 4) is 11.1 Å². The van der Waals surface area contributed by atoms with E-state index >= 15 is 0 Å². The Bertz CT molecular complexity index is 1170. The molecule has 0 aliphatic heterocycles. The van der Waals surface area contributed by atoms with Gasteiger partial charge in [0.2, 0.25) is 0 Å². The fourth-order valence-corrected chi connectivity index (χ4v) is 4.33. The number of halogens is 3. The second kappa shape index (κ2) is 8.55. The van der Waals surface area contributed by atoms with E-state index in [0.717, 1.165) is 45.0 Å². The topological polar surface area (TPSA) is 55.4 Å². The van der Waals surface area contributed by atoms with Crippen LogP contribution in [0.1, 0.15) is 42.3 Å². The average molecular weight is 447 g/mol. The van der Waals surface area contributed by atoms with Gasteiger partial charge >= 0.3 is 12.1 Å². The van der Waals surface area contributed by atoms with Crippen molar-refractivity contribution in [2.45, 2.75) is 26.9 Å². The van der Waals surface area contributed by atoms with Gasteiger partial charge in [-0.05, 0) is 49.6 Å². The van der Waals surface area contributed by atoms with Crippen molar-refractivity contribution in [1.29, 1.82) is 0 Å². The normalized spacial score (nSPS) is 11.3. The molecular weight excluding hydrogens is 427 g/mol. The molecule has 0 unspecified atom stereocenters. The summed E-state index contributed by atoms with van der Waals surface area (Å²) in [6.45, 7) is 5.68. The van der Waals surface area contributed by atoms with E-state index in [1.165, 1.54) is 19.2 Å². The second-order valence-corrected chi connectivity index (χ2v) is 8.25. The van der Waals surface area contributed by atoms with Crippen LogP contribution in [0.4, 0.5) is 18.2 Å². The summed E-state index contributed by atoms with van der Waals surface area (Å²) in [7, 11) is 1.21. The first kappa shape index (κ1) is 22.6. The van der Waals surface area contributed by atoms with Crippen LogP contribution in [-0.2, 0) is 10.9 Å². The predicted octanol–water partition coefficient (Wildman–Crippen LogP) is 6.40. The van der Waals surface area contributed by atoms with Gasteiger partial charge in [0.05, 0.1) is 18.2 Å². The number of anilines is 1. The van der Waals surface area contributed by atoms with E-state index < -0.39 is 29.2 Å². The molecule has 0 spiro atoms. The zero-order chi connectivity index (χ0) is 22.9. The lowest BCUT2D eigenvalue weighted by molar-refractivity contribution is -0.137. The highest BCUT2D eigenvalue weighted by molar-refractivity contribution is 7.17. The van der Waals surface area contributed by atoms with Gasteiger partial charge in [-0.2, -0.15) is 13.2 Å². The summed E-state index contributed by atoms with van der Waals surface area (Å²) in [5.41, 5.74) is 1.98. The summed E-state index contributed by atoms with van der Waals surface area (Å²) in [4.78, 5) is 26.1. The van der Waals surface area contributed by atoms with Crippen LogP contribution in [0, 0.1) is 20.8 Å². The Hall–Kier alpha value is -3.13. The van der Waals surface area contributed by atoms with E-state index in [0.29, 0.717) is 5.56 Å². The number of esters is 1. The molecule has 0 radical (unpaired) electrons. The zero-order valence-corrected chi connectivity index (χ0v) is 18.1. The third-order valence-electron chi connectivity index (χ3n) is 4.97. The molecule has 0 aliphatic rings. The van der Waals surface area contributed by atoms with Gasteiger partial charge in [-0.25, -0.2) is 4.79 Å². The first-order valence-corrected chi connectivity index (χ1v) is 10.1. The number of rotatable bonds is 4. The Kier molecular flexibility index (Phi) is 6.22. The maximum absolute atomic E-state index is 13.3. The standard InChI is InChI=1S/C23H20F3NO3S/c1-12-9-10-15(11-13(12)2)18-14(3)31-21(19(18)22(29)30-4)27-20(28)16-7-5-6-8-17(16)23(24,25)26/h5-11H,1-4H3,(H,27,28). The van der Waals surface area contributed by atoms with Gasteiger partial charge in [0, 0.05) is 10.4 Å². The molecule has 4 nitrogen and oxygen atoms in total. The van der Waals surface area contributed by atoms with E-state index in [2.05, 4.69) is 5.32 Å². The number of benzene rings is 2. The number of methoxy groups -OCH3 is 1. The summed E-state index contributed by atoms with van der Waals surface area (Å²) in [5, 5.41) is 2.63. The third-order valence-corrected chi connectivity index (χ3v) is 5.99. The number of aryl methyl sites for hydroxylation is 3. The van der Waals surface area contributed by atoms with E-state index in [9.17, 15) is 22.8 Å². The largest absolute Gasteiger partial charge is 0.465 e. The highest BCUT2D eigenvalue weighted by Crippen LogP contribution is 2.41. The molecule has 162 valence electrons. The molecule has 1 amide bonds. The molecule has 1 aromatic heterocycles. The zero-order valence-electron chi connectivity index (χ0n) is 17.3. The maximum atomic E-state index is 13.3. The minimum Gasteiger partial charge on any atom is -0.465 e. The number of alkyl halides is 3. The van der Waals surface area contributed by atoms with Crippen molar-refractivity contribution < 1.29 is 27.5 Å². The van der Waals surface area contributed by atoms with Gasteiger partial charge in [-0.15, -0.1) is 11.3 Å². The van der Waals surface area contributed by atoms with E-state index in [-0.39, 0.29) is 10.6 Å². The lowest BCUT2D eigenvalue weighted by atomic mass is 9.97. The van der Waals surface area contributed by atoms with Crippen LogP contribution in [0.5, 0.6) is 0 Å². The summed E-state index contributed by atoms with van der Waals surface area (Å²) >= 11 is 1.11. The lowest BCUT2D eigenvalue weighted by Gasteiger charge is -2.13. The molecule has 0 bridgehead atoms. The van der Waals surface area contributed by atoms with Gasteiger partial charge in [-0.3, -0.25) is 4.79 Å². The van der Waals surface area contributed by atoms with E-state index in [1.54, 1.807) is 6.92 Å². The monoisotopic (exact) mass is 447 g/mol. The number of carbonyl (C=O) groups excluding carboxylic acids is 2. The van der Waals surface area contributed by atoms with Crippen molar-refractivity contribution >= 4 is 28.2 Å². The number of hydrogen-bond donors (Lipinski definition) is 1. The Morgan fingerprint density at radius 3 is 2.29 bits per heavy atom. The van der Waals surface area contributed by atoms with Crippen LogP contribution in [0.25, 0.3) is 11.1 Å². The molecule has 0 atom stereocenters. The number of ether oxygens (including phenoxy) is 1. The van der Waals surface area contributed by atoms with Crippen molar-refractivity contribution in [2.75, 3.05) is 12.4 Å². The molecule has 1 heterocycles. The van der Waals surface area contributed by atoms with E-state index in [4.69, 9.17) is 4.74 Å². The van der Waals surface area contributed by atoms with Gasteiger partial charge < -0.3 is 10.1 Å². The van der Waals surface area contributed by atoms with Gasteiger partial charge in [0.25, 0.3) is 5.91 Å². The van der Waals surface area contributed by atoms with Crippen molar-refractivity contribution in [2.24, 2.45) is 0 Å². The van der Waals surface area contributed by atoms with E-state index in [1.807, 2.05) is 32.0 Å². The number of carbonyl (C=O) groups is 2. The van der Waals surface area contributed by atoms with Crippen LogP contribution in [-0.4, -0.2) is 19.0 Å². The first-order valence-electron chi connectivity index (χ1n) is 9.31. The second-order valence-electron chi connectivity index (χ2n) is 7.03. The van der Waals surface area contributed by atoms with Gasteiger partial charge in [0.15, 0.2) is 0 Å². The molecule has 2 aromatic carbocycles. The Labute approximate surface area is 181 Å². The van der Waals surface area contributed by atoms with Crippen LogP contribution < -0.4 is 5.32 Å². The number of nitrogens with one attached hydrogen (secondary N) is 1. The van der Waals surface area contributed by atoms with Crippen molar-refractivity contribution in [3.63, 3.8) is 0 Å². The van der Waals surface area contributed by atoms with Crippen LogP contribution in [0.2, 0.25) is 0 Å². The van der Waals surface area contributed by atoms with Crippen molar-refractivity contribution in [1.82, 2.24) is 0 Å². The summed E-state index contributed by atoms with van der Waals surface area (Å²) < 4.78 is 44.9. The first-order chi connectivity index (χ1) is 14.5. The average Bonchev–Trinajstić information content (AvgIpc) is 3.04. The summed E-state index contributed by atoms with van der Waals surface area (Å²) in [6.07, 6.45) is -4.69. The summed E-state index contributed by atoms with van der Waals surface area (Å²) in [6, 6.07) is 10.2. The molecule has 0 aliphatic carbocycles. The molecule has 1 N–H and O–H groups in total. The molecule has 0 saturated heterocycles. The number of hydrogen-bond acceptors (Lipinski definition) is 4. The molecule has 8 heteroatoms. The minimum absolute atomic E-state index is 0.117. The number of thiophene rings is 1. The maximum Gasteiger partial charge on any atom is 0.417 e. The van der Waals surface area contributed by atoms with Gasteiger partial charge in [0.1, 0.15) is 10.6 Å². The van der Waals surface area contributed by atoms with Crippen molar-refractivity contribution in [3.05, 3.63) is 75.2 Å². The Morgan fingerprint density at radius 2 is 1.68 bits per heavy atom. The highest BCUT2D eigenvalue weighted by Gasteiger charge is 2.35. The molecule has 3 rings (SSSR count). The molecule has 3 aromatic rings. The number of amides is 1. The van der Waals surface area contributed by atoms with Gasteiger partial charge in [-0.1, -0.05) is 30.3 Å². The molecule has 31 heavy (non-hydrogen) atoms. The van der Waals surface area contributed by atoms with Crippen LogP contribution >= 0.6 is 11.3 Å². The fraction of sp³-hybridized carbons (Fsp3) is 0.217. The minimum atomic E-state index is -4.69. The molecule has 0 saturated carbocycles. The molecule has 0 fully saturated rings.